The first-order valence-electron chi connectivity index (χ1n) is 6.15. The van der Waals surface area contributed by atoms with Crippen LogP contribution in [0.15, 0.2) is 18.2 Å². The molecule has 1 atom stereocenters. The van der Waals surface area contributed by atoms with E-state index in [0.29, 0.717) is 18.0 Å². The molecule has 1 aliphatic heterocycles. The van der Waals surface area contributed by atoms with Gasteiger partial charge in [-0.05, 0) is 25.5 Å². The number of nitrogen functional groups attached to an aromatic ring is 1. The lowest BCUT2D eigenvalue weighted by molar-refractivity contribution is -0.127. The van der Waals surface area contributed by atoms with Gasteiger partial charge in [0.2, 0.25) is 5.91 Å². The Morgan fingerprint density at radius 3 is 2.94 bits per heavy atom. The lowest BCUT2D eigenvalue weighted by Crippen LogP contribution is -2.30. The third kappa shape index (κ3) is 2.50. The van der Waals surface area contributed by atoms with Crippen molar-refractivity contribution in [1.29, 1.82) is 0 Å². The van der Waals surface area contributed by atoms with Gasteiger partial charge in [0, 0.05) is 25.3 Å². The number of ether oxygens (including phenoxy) is 1. The van der Waals surface area contributed by atoms with Crippen molar-refractivity contribution in [3.63, 3.8) is 0 Å². The fourth-order valence-electron chi connectivity index (χ4n) is 2.06. The van der Waals surface area contributed by atoms with E-state index in [2.05, 4.69) is 5.32 Å². The minimum atomic E-state index is -0.145. The summed E-state index contributed by atoms with van der Waals surface area (Å²) in [7, 11) is 1.82. The molecule has 1 fully saturated rings. The number of nitrogens with two attached hydrogens (primary N) is 1. The normalized spacial score (nSPS) is 19.1. The van der Waals surface area contributed by atoms with Crippen molar-refractivity contribution in [2.45, 2.75) is 19.4 Å². The first-order valence-corrected chi connectivity index (χ1v) is 6.15. The number of amides is 1. The van der Waals surface area contributed by atoms with Gasteiger partial charge in [-0.25, -0.2) is 0 Å². The average molecular weight is 249 g/mol. The summed E-state index contributed by atoms with van der Waals surface area (Å²) in [6, 6.07) is 5.35. The highest BCUT2D eigenvalue weighted by molar-refractivity contribution is 5.86. The van der Waals surface area contributed by atoms with Crippen LogP contribution < -0.4 is 15.8 Å². The summed E-state index contributed by atoms with van der Waals surface area (Å²) in [6.07, 6.45) is 0.823. The third-order valence-electron chi connectivity index (χ3n) is 3.08. The van der Waals surface area contributed by atoms with E-state index in [4.69, 9.17) is 10.5 Å². The Kier molecular flexibility index (Phi) is 3.60. The number of anilines is 2. The highest BCUT2D eigenvalue weighted by atomic mass is 16.5. The molecule has 0 saturated carbocycles. The lowest BCUT2D eigenvalue weighted by Gasteiger charge is -2.15. The predicted molar refractivity (Wildman–Crippen MR) is 71.7 cm³/mol. The second kappa shape index (κ2) is 5.16. The van der Waals surface area contributed by atoms with Crippen LogP contribution in [0.25, 0.3) is 0 Å². The van der Waals surface area contributed by atoms with Crippen LogP contribution in [-0.4, -0.2) is 37.0 Å². The van der Waals surface area contributed by atoms with E-state index in [1.54, 1.807) is 11.0 Å². The molecule has 1 unspecified atom stereocenters. The van der Waals surface area contributed by atoms with Gasteiger partial charge in [-0.1, -0.05) is 0 Å². The molecular weight excluding hydrogens is 230 g/mol. The summed E-state index contributed by atoms with van der Waals surface area (Å²) in [5, 5.41) is 3.22. The topological polar surface area (TPSA) is 67.6 Å². The Hall–Kier alpha value is -1.91. The van der Waals surface area contributed by atoms with Crippen LogP contribution in [0.4, 0.5) is 11.4 Å². The predicted octanol–water partition coefficient (Wildman–Crippen LogP) is 1.31. The van der Waals surface area contributed by atoms with E-state index < -0.39 is 0 Å². The van der Waals surface area contributed by atoms with Crippen LogP contribution in [-0.2, 0) is 4.79 Å². The smallest absolute Gasteiger partial charge is 0.244 e. The molecule has 5 heteroatoms. The molecule has 0 spiro atoms. The maximum absolute atomic E-state index is 11.8. The number of likely N-dealkylation sites (N-methyl/N-ethyl adjacent to an activating group) is 1. The minimum Gasteiger partial charge on any atom is -0.492 e. The maximum atomic E-state index is 11.8. The van der Waals surface area contributed by atoms with Crippen LogP contribution >= 0.6 is 0 Å². The Labute approximate surface area is 107 Å². The number of hydrogen-bond acceptors (Lipinski definition) is 4. The van der Waals surface area contributed by atoms with Gasteiger partial charge in [-0.3, -0.25) is 4.79 Å². The Balaban J connectivity index is 2.10. The standard InChI is InChI=1S/C13H19N3O2/c1-3-18-12-8-9(4-5-10(12)14)15-11-6-7-16(2)13(11)17/h4-5,8,11,15H,3,6-7,14H2,1-2H3. The average Bonchev–Trinajstić information content (AvgIpc) is 2.66. The number of carbonyl (C=O) groups is 1. The van der Waals surface area contributed by atoms with Crippen LogP contribution in [0, 0.1) is 0 Å². The molecule has 1 amide bonds. The number of hydrogen-bond donors (Lipinski definition) is 2. The third-order valence-corrected chi connectivity index (χ3v) is 3.08. The molecule has 5 nitrogen and oxygen atoms in total. The molecule has 0 aromatic heterocycles. The first-order chi connectivity index (χ1) is 8.61. The van der Waals surface area contributed by atoms with Crippen molar-refractivity contribution >= 4 is 17.3 Å². The SMILES string of the molecule is CCOc1cc(NC2CCN(C)C2=O)ccc1N. The maximum Gasteiger partial charge on any atom is 0.244 e. The summed E-state index contributed by atoms with van der Waals surface area (Å²) >= 11 is 0. The number of nitrogens with one attached hydrogen (secondary N) is 1. The van der Waals surface area contributed by atoms with Crippen LogP contribution in [0.3, 0.4) is 0 Å². The molecular formula is C13H19N3O2. The number of rotatable bonds is 4. The lowest BCUT2D eigenvalue weighted by atomic mass is 10.2. The van der Waals surface area contributed by atoms with E-state index in [-0.39, 0.29) is 11.9 Å². The van der Waals surface area contributed by atoms with Gasteiger partial charge in [-0.2, -0.15) is 0 Å². The highest BCUT2D eigenvalue weighted by Crippen LogP contribution is 2.26. The van der Waals surface area contributed by atoms with Gasteiger partial charge in [0.15, 0.2) is 0 Å². The second-order valence-corrected chi connectivity index (χ2v) is 4.43. The molecule has 98 valence electrons. The fourth-order valence-corrected chi connectivity index (χ4v) is 2.06. The zero-order valence-electron chi connectivity index (χ0n) is 10.8. The molecule has 0 radical (unpaired) electrons. The minimum absolute atomic E-state index is 0.129. The zero-order valence-corrected chi connectivity index (χ0v) is 10.8. The number of carbonyl (C=O) groups excluding carboxylic acids is 1. The number of likely N-dealkylation sites (tertiary alicyclic amines) is 1. The second-order valence-electron chi connectivity index (χ2n) is 4.43. The quantitative estimate of drug-likeness (QED) is 0.789. The number of benzene rings is 1. The van der Waals surface area contributed by atoms with Crippen molar-refractivity contribution in [3.05, 3.63) is 18.2 Å². The van der Waals surface area contributed by atoms with E-state index in [1.165, 1.54) is 0 Å². The molecule has 2 rings (SSSR count). The van der Waals surface area contributed by atoms with Crippen molar-refractivity contribution < 1.29 is 9.53 Å². The van der Waals surface area contributed by atoms with Crippen molar-refractivity contribution in [2.24, 2.45) is 0 Å². The summed E-state index contributed by atoms with van der Waals surface area (Å²) in [4.78, 5) is 13.5. The van der Waals surface area contributed by atoms with Gasteiger partial charge in [0.25, 0.3) is 0 Å². The molecule has 1 saturated heterocycles. The van der Waals surface area contributed by atoms with E-state index in [0.717, 1.165) is 18.7 Å². The molecule has 1 aromatic rings. The van der Waals surface area contributed by atoms with Gasteiger partial charge >= 0.3 is 0 Å². The molecule has 18 heavy (non-hydrogen) atoms. The molecule has 3 N–H and O–H groups in total. The van der Waals surface area contributed by atoms with E-state index in [1.807, 2.05) is 26.1 Å². The largest absolute Gasteiger partial charge is 0.492 e. The van der Waals surface area contributed by atoms with Crippen LogP contribution in [0.2, 0.25) is 0 Å². The van der Waals surface area contributed by atoms with Crippen LogP contribution in [0.5, 0.6) is 5.75 Å². The summed E-state index contributed by atoms with van der Waals surface area (Å²) < 4.78 is 5.43. The van der Waals surface area contributed by atoms with E-state index >= 15 is 0 Å². The first kappa shape index (κ1) is 12.5. The molecule has 1 aromatic carbocycles. The number of nitrogens with zero attached hydrogens (tertiary/aromatic N) is 1. The fraction of sp³-hybridized carbons (Fsp3) is 0.462. The zero-order chi connectivity index (χ0) is 13.1. The Morgan fingerprint density at radius 2 is 2.33 bits per heavy atom. The van der Waals surface area contributed by atoms with Gasteiger partial charge < -0.3 is 20.7 Å². The molecule has 1 aliphatic rings. The molecule has 0 aliphatic carbocycles. The van der Waals surface area contributed by atoms with Gasteiger partial charge in [-0.15, -0.1) is 0 Å². The molecule has 0 bridgehead atoms. The van der Waals surface area contributed by atoms with Gasteiger partial charge in [0.05, 0.1) is 12.3 Å². The molecule has 1 heterocycles. The summed E-state index contributed by atoms with van der Waals surface area (Å²) in [6.45, 7) is 3.28. The highest BCUT2D eigenvalue weighted by Gasteiger charge is 2.28. The Bertz CT molecular complexity index is 448. The van der Waals surface area contributed by atoms with Crippen molar-refractivity contribution in [2.75, 3.05) is 31.2 Å². The summed E-state index contributed by atoms with van der Waals surface area (Å²) in [5.41, 5.74) is 7.28. The monoisotopic (exact) mass is 249 g/mol. The summed E-state index contributed by atoms with van der Waals surface area (Å²) in [5.74, 6) is 0.783. The van der Waals surface area contributed by atoms with Crippen molar-refractivity contribution in [3.8, 4) is 5.75 Å². The van der Waals surface area contributed by atoms with Crippen LogP contribution in [0.1, 0.15) is 13.3 Å². The van der Waals surface area contributed by atoms with Crippen molar-refractivity contribution in [1.82, 2.24) is 4.90 Å². The Morgan fingerprint density at radius 1 is 1.56 bits per heavy atom. The van der Waals surface area contributed by atoms with E-state index in [9.17, 15) is 4.79 Å². The van der Waals surface area contributed by atoms with Gasteiger partial charge in [0.1, 0.15) is 11.8 Å².